The molecule has 0 atom stereocenters. The van der Waals surface area contributed by atoms with Crippen molar-refractivity contribution in [2.45, 2.75) is 13.3 Å². The Morgan fingerprint density at radius 2 is 2.22 bits per heavy atom. The summed E-state index contributed by atoms with van der Waals surface area (Å²) in [4.78, 5) is 15.7. The summed E-state index contributed by atoms with van der Waals surface area (Å²) >= 11 is 11.8. The molecule has 1 heterocycles. The summed E-state index contributed by atoms with van der Waals surface area (Å²) in [5.41, 5.74) is 0.453. The van der Waals surface area contributed by atoms with Crippen LogP contribution in [0.1, 0.15) is 11.7 Å². The smallest absolute Gasteiger partial charge is 0.232 e. The number of carbonyl (C=O) groups is 1. The number of amides is 1. The van der Waals surface area contributed by atoms with E-state index in [0.717, 1.165) is 0 Å². The van der Waals surface area contributed by atoms with E-state index in [-0.39, 0.29) is 12.3 Å². The molecule has 0 radical (unpaired) electrons. The van der Waals surface area contributed by atoms with Gasteiger partial charge in [0, 0.05) is 6.92 Å². The lowest BCUT2D eigenvalue weighted by molar-refractivity contribution is -0.115. The minimum absolute atomic E-state index is 0.0141. The standard InChI is InChI=1S/C11H9Cl2N3O2/c1-6-14-9(16-18-6)5-10(17)15-8-4-2-3-7(12)11(8)13/h2-4H,5H2,1H3,(H,15,17). The van der Waals surface area contributed by atoms with E-state index in [2.05, 4.69) is 15.5 Å². The zero-order chi connectivity index (χ0) is 13.1. The maximum Gasteiger partial charge on any atom is 0.232 e. The lowest BCUT2D eigenvalue weighted by atomic mass is 10.3. The molecule has 1 amide bonds. The van der Waals surface area contributed by atoms with E-state index >= 15 is 0 Å². The third kappa shape index (κ3) is 3.00. The van der Waals surface area contributed by atoms with Gasteiger partial charge in [-0.05, 0) is 12.1 Å². The van der Waals surface area contributed by atoms with Crippen LogP contribution in [0.2, 0.25) is 10.0 Å². The molecule has 2 rings (SSSR count). The maximum absolute atomic E-state index is 11.7. The zero-order valence-electron chi connectivity index (χ0n) is 9.41. The summed E-state index contributed by atoms with van der Waals surface area (Å²) in [5.74, 6) is 0.446. The minimum Gasteiger partial charge on any atom is -0.340 e. The molecule has 0 aliphatic carbocycles. The van der Waals surface area contributed by atoms with Gasteiger partial charge in [-0.1, -0.05) is 34.4 Å². The second-order valence-electron chi connectivity index (χ2n) is 3.56. The van der Waals surface area contributed by atoms with Crippen LogP contribution in [0.25, 0.3) is 0 Å². The molecule has 2 aromatic rings. The molecule has 0 spiro atoms. The molecule has 0 saturated heterocycles. The van der Waals surface area contributed by atoms with Crippen molar-refractivity contribution in [1.29, 1.82) is 0 Å². The van der Waals surface area contributed by atoms with Gasteiger partial charge in [0.05, 0.1) is 22.2 Å². The zero-order valence-corrected chi connectivity index (χ0v) is 10.9. The first kappa shape index (κ1) is 12.9. The Labute approximate surface area is 113 Å². The van der Waals surface area contributed by atoms with Crippen LogP contribution in [-0.2, 0) is 11.2 Å². The average Bonchev–Trinajstić information content (AvgIpc) is 2.70. The molecule has 0 saturated carbocycles. The molecule has 0 bridgehead atoms. The Bertz CT molecular complexity index is 583. The van der Waals surface area contributed by atoms with Gasteiger partial charge in [-0.25, -0.2) is 0 Å². The first-order valence-corrected chi connectivity index (χ1v) is 5.85. The van der Waals surface area contributed by atoms with E-state index in [0.29, 0.717) is 27.4 Å². The number of carbonyl (C=O) groups excluding carboxylic acids is 1. The van der Waals surface area contributed by atoms with Crippen molar-refractivity contribution in [2.24, 2.45) is 0 Å². The monoisotopic (exact) mass is 285 g/mol. The van der Waals surface area contributed by atoms with Crippen LogP contribution in [0, 0.1) is 6.92 Å². The summed E-state index contributed by atoms with van der Waals surface area (Å²) in [7, 11) is 0. The molecule has 7 heteroatoms. The molecule has 1 aromatic heterocycles. The molecule has 5 nitrogen and oxygen atoms in total. The number of hydrogen-bond acceptors (Lipinski definition) is 4. The molecule has 1 N–H and O–H groups in total. The van der Waals surface area contributed by atoms with Crippen LogP contribution in [0.3, 0.4) is 0 Å². The summed E-state index contributed by atoms with van der Waals surface area (Å²) in [6.45, 7) is 1.66. The van der Waals surface area contributed by atoms with E-state index in [1.807, 2.05) is 0 Å². The lowest BCUT2D eigenvalue weighted by Crippen LogP contribution is -2.15. The van der Waals surface area contributed by atoms with Gasteiger partial charge < -0.3 is 9.84 Å². The number of hydrogen-bond donors (Lipinski definition) is 1. The predicted octanol–water partition coefficient (Wildman–Crippen LogP) is 2.87. The van der Waals surface area contributed by atoms with Gasteiger partial charge in [0.2, 0.25) is 11.8 Å². The van der Waals surface area contributed by atoms with E-state index in [1.54, 1.807) is 25.1 Å². The summed E-state index contributed by atoms with van der Waals surface area (Å²) < 4.78 is 4.77. The van der Waals surface area contributed by atoms with Crippen molar-refractivity contribution in [1.82, 2.24) is 10.1 Å². The number of rotatable bonds is 3. The quantitative estimate of drug-likeness (QED) is 0.942. The highest BCUT2D eigenvalue weighted by Crippen LogP contribution is 2.29. The highest BCUT2D eigenvalue weighted by Gasteiger charge is 2.11. The molecular formula is C11H9Cl2N3O2. The molecule has 0 aliphatic rings. The van der Waals surface area contributed by atoms with Crippen LogP contribution in [0.5, 0.6) is 0 Å². The first-order chi connectivity index (χ1) is 8.56. The number of aromatic nitrogens is 2. The second kappa shape index (κ2) is 5.37. The predicted molar refractivity (Wildman–Crippen MR) is 67.8 cm³/mol. The third-order valence-corrected chi connectivity index (χ3v) is 2.93. The third-order valence-electron chi connectivity index (χ3n) is 2.11. The fraction of sp³-hybridized carbons (Fsp3) is 0.182. The molecule has 0 aliphatic heterocycles. The molecule has 94 valence electrons. The Morgan fingerprint density at radius 1 is 1.44 bits per heavy atom. The number of anilines is 1. The van der Waals surface area contributed by atoms with E-state index in [1.165, 1.54) is 0 Å². The second-order valence-corrected chi connectivity index (χ2v) is 4.34. The van der Waals surface area contributed by atoms with Crippen LogP contribution < -0.4 is 5.32 Å². The highest BCUT2D eigenvalue weighted by atomic mass is 35.5. The normalized spacial score (nSPS) is 10.4. The summed E-state index contributed by atoms with van der Waals surface area (Å²) in [6.07, 6.45) is 0.0141. The first-order valence-electron chi connectivity index (χ1n) is 5.09. The van der Waals surface area contributed by atoms with Gasteiger partial charge in [0.25, 0.3) is 0 Å². The van der Waals surface area contributed by atoms with Gasteiger partial charge in [-0.3, -0.25) is 4.79 Å². The molecular weight excluding hydrogens is 277 g/mol. The van der Waals surface area contributed by atoms with Crippen molar-refractivity contribution < 1.29 is 9.32 Å². The van der Waals surface area contributed by atoms with Gasteiger partial charge in [-0.2, -0.15) is 4.98 Å². The Balaban J connectivity index is 2.05. The Hall–Kier alpha value is -1.59. The number of halogens is 2. The SMILES string of the molecule is Cc1nc(CC(=O)Nc2cccc(Cl)c2Cl)no1. The topological polar surface area (TPSA) is 68.0 Å². The number of nitrogens with zero attached hydrogens (tertiary/aromatic N) is 2. The van der Waals surface area contributed by atoms with Crippen molar-refractivity contribution in [3.63, 3.8) is 0 Å². The van der Waals surface area contributed by atoms with Crippen LogP contribution in [0.15, 0.2) is 22.7 Å². The van der Waals surface area contributed by atoms with Gasteiger partial charge in [-0.15, -0.1) is 0 Å². The minimum atomic E-state index is -0.292. The molecule has 1 aromatic carbocycles. The highest BCUT2D eigenvalue weighted by molar-refractivity contribution is 6.43. The van der Waals surface area contributed by atoms with Crippen LogP contribution in [-0.4, -0.2) is 16.0 Å². The molecule has 0 fully saturated rings. The molecule has 0 unspecified atom stereocenters. The van der Waals surface area contributed by atoms with E-state index < -0.39 is 0 Å². The maximum atomic E-state index is 11.7. The fourth-order valence-corrected chi connectivity index (χ4v) is 1.70. The summed E-state index contributed by atoms with van der Waals surface area (Å²) in [5, 5.41) is 6.95. The number of aryl methyl sites for hydroxylation is 1. The van der Waals surface area contributed by atoms with Gasteiger partial charge in [0.1, 0.15) is 0 Å². The fourth-order valence-electron chi connectivity index (χ4n) is 1.35. The number of benzene rings is 1. The van der Waals surface area contributed by atoms with Crippen molar-refractivity contribution in [3.05, 3.63) is 40.0 Å². The van der Waals surface area contributed by atoms with Crippen molar-refractivity contribution >= 4 is 34.8 Å². The van der Waals surface area contributed by atoms with E-state index in [9.17, 15) is 4.79 Å². The van der Waals surface area contributed by atoms with Gasteiger partial charge in [0.15, 0.2) is 5.82 Å². The van der Waals surface area contributed by atoms with Gasteiger partial charge >= 0.3 is 0 Å². The van der Waals surface area contributed by atoms with Crippen LogP contribution in [0.4, 0.5) is 5.69 Å². The average molecular weight is 286 g/mol. The Morgan fingerprint density at radius 3 is 2.89 bits per heavy atom. The largest absolute Gasteiger partial charge is 0.340 e. The lowest BCUT2D eigenvalue weighted by Gasteiger charge is -2.06. The molecule has 18 heavy (non-hydrogen) atoms. The van der Waals surface area contributed by atoms with Crippen molar-refractivity contribution in [3.8, 4) is 0 Å². The summed E-state index contributed by atoms with van der Waals surface area (Å²) in [6, 6.07) is 5.00. The number of nitrogens with one attached hydrogen (secondary N) is 1. The van der Waals surface area contributed by atoms with E-state index in [4.69, 9.17) is 27.7 Å². The van der Waals surface area contributed by atoms with Crippen molar-refractivity contribution in [2.75, 3.05) is 5.32 Å². The van der Waals surface area contributed by atoms with Crippen LogP contribution >= 0.6 is 23.2 Å². The Kier molecular flexibility index (Phi) is 3.84.